The van der Waals surface area contributed by atoms with Crippen molar-refractivity contribution in [2.45, 2.75) is 151 Å². The van der Waals surface area contributed by atoms with Gasteiger partial charge in [0.2, 0.25) is 47.3 Å². The predicted octanol–water partition coefficient (Wildman–Crippen LogP) is 0.811. The number of nitrogens with one attached hydrogen (secondary N) is 7. The van der Waals surface area contributed by atoms with Crippen LogP contribution in [0.3, 0.4) is 0 Å². The van der Waals surface area contributed by atoms with E-state index in [1.807, 2.05) is 67.5 Å². The van der Waals surface area contributed by atoms with Crippen LogP contribution in [0.2, 0.25) is 0 Å². The van der Waals surface area contributed by atoms with Crippen LogP contribution in [-0.4, -0.2) is 184 Å². The molecule has 3 aliphatic heterocycles. The number of hydrogen-bond acceptors (Lipinski definition) is 15. The van der Waals surface area contributed by atoms with Crippen LogP contribution in [0, 0.1) is 0 Å². The molecule has 0 saturated carbocycles. The van der Waals surface area contributed by atoms with Crippen molar-refractivity contribution < 1.29 is 52.7 Å². The van der Waals surface area contributed by atoms with E-state index in [-0.39, 0.29) is 71.0 Å². The number of esters is 1. The molecule has 9 amide bonds. The molecule has 6 heterocycles. The Labute approximate surface area is 500 Å². The number of amides is 9. The number of aromatic amines is 1. The zero-order chi connectivity index (χ0) is 61.5. The topological polar surface area (TPSA) is 355 Å². The summed E-state index contributed by atoms with van der Waals surface area (Å²) in [7, 11) is 3.81. The van der Waals surface area contributed by atoms with Crippen molar-refractivity contribution >= 4 is 76.1 Å². The fourth-order valence-electron chi connectivity index (χ4n) is 11.0. The molecule has 0 radical (unpaired) electrons. The van der Waals surface area contributed by atoms with Gasteiger partial charge in [-0.15, -0.1) is 0 Å². The Morgan fingerprint density at radius 3 is 2.14 bits per heavy atom. The van der Waals surface area contributed by atoms with Gasteiger partial charge in [0.1, 0.15) is 42.3 Å². The molecule has 3 aliphatic rings. The number of fused-ring (bicyclic) bond motifs is 2. The lowest BCUT2D eigenvalue weighted by Crippen LogP contribution is -2.59. The van der Waals surface area contributed by atoms with Gasteiger partial charge in [-0.3, -0.25) is 53.1 Å². The minimum absolute atomic E-state index is 0.0230. The van der Waals surface area contributed by atoms with Crippen LogP contribution in [-0.2, 0) is 65.5 Å². The highest BCUT2D eigenvalue weighted by atomic mass is 16.5. The van der Waals surface area contributed by atoms with E-state index in [4.69, 9.17) is 16.2 Å². The quantitative estimate of drug-likeness (QED) is 0.0389. The molecule has 0 spiro atoms. The summed E-state index contributed by atoms with van der Waals surface area (Å²) in [6.07, 6.45) is 11.5. The third-order valence-electron chi connectivity index (χ3n) is 15.6. The van der Waals surface area contributed by atoms with Gasteiger partial charge in [0.15, 0.2) is 6.61 Å². The average Bonchev–Trinajstić information content (AvgIpc) is 4.03. The lowest BCUT2D eigenvalue weighted by Gasteiger charge is -2.30. The fraction of sp³-hybridized carbons (Fsp3) is 0.508. The number of rotatable bonds is 22. The Bertz CT molecular complexity index is 3010. The van der Waals surface area contributed by atoms with E-state index in [2.05, 4.69) is 46.9 Å². The second-order valence-electron chi connectivity index (χ2n) is 22.4. The number of primary amides is 1. The number of nitrogens with two attached hydrogens (primary N) is 2. The Kier molecular flexibility index (Phi) is 24.7. The number of hydrogen-bond donors (Lipinski definition) is 9. The second kappa shape index (κ2) is 32.6. The Balaban J connectivity index is 1.18. The molecule has 462 valence electrons. The standard InChI is InChI=1S/C61H82N14O11/c1-73(2)32-12-8-25-46-58(82)72-49(35-39-37-67-44-23-4-3-21-42(39)44)61(85)86-38-53(77)74-33-16-28-51(74)59(83)70-47(24-7-11-31-66-55(79)43(62)22-13-19-40-17-5-9-29-64-40)57(81)71-48(60(84)75-34-15-27-50(75)54(63)78)36-52(76)68-45(56(80)69-46)26-14-20-41-18-6-10-30-65-41/h3-6,9-10,13,17-19,21,23,29-30,37,43,45-51,67H,7-8,11-12,14-16,20,22,24-28,31-36,38,62H2,1-2H3,(H2,63,78)(H,66,79)(H,68,76)(H,69,80)(H,70,83)(H,71,81)(H,72,82)/b19-13+/t43?,45?,46-,47-,48-,49-,50-,51-/m0/s1. The molecule has 8 atom stereocenters. The number of cyclic esters (lactones) is 1. The average molecular weight is 1190 g/mol. The first-order valence-corrected chi connectivity index (χ1v) is 29.7. The second-order valence-corrected chi connectivity index (χ2v) is 22.4. The summed E-state index contributed by atoms with van der Waals surface area (Å²) in [5.74, 6) is -7.64. The fourth-order valence-corrected chi connectivity index (χ4v) is 11.0. The number of aryl methyl sites for hydroxylation is 1. The zero-order valence-corrected chi connectivity index (χ0v) is 49.0. The van der Waals surface area contributed by atoms with E-state index < -0.39 is 120 Å². The van der Waals surface area contributed by atoms with E-state index in [9.17, 15) is 47.9 Å². The molecule has 0 bridgehead atoms. The van der Waals surface area contributed by atoms with E-state index in [0.717, 1.165) is 10.9 Å². The zero-order valence-electron chi connectivity index (χ0n) is 49.0. The molecule has 3 aromatic heterocycles. The van der Waals surface area contributed by atoms with Gasteiger partial charge in [-0.2, -0.15) is 0 Å². The van der Waals surface area contributed by atoms with Crippen molar-refractivity contribution in [1.29, 1.82) is 0 Å². The molecule has 25 nitrogen and oxygen atoms in total. The van der Waals surface area contributed by atoms with Crippen LogP contribution in [0.1, 0.15) is 107 Å². The first-order valence-electron chi connectivity index (χ1n) is 29.7. The van der Waals surface area contributed by atoms with Gasteiger partial charge in [0, 0.05) is 61.2 Å². The number of nitrogens with zero attached hydrogens (tertiary/aromatic N) is 5. The summed E-state index contributed by atoms with van der Waals surface area (Å²) < 4.78 is 5.70. The summed E-state index contributed by atoms with van der Waals surface area (Å²) in [6.45, 7) is 0.183. The number of ether oxygens (including phenoxy) is 1. The molecule has 3 fully saturated rings. The lowest BCUT2D eigenvalue weighted by molar-refractivity contribution is -0.155. The van der Waals surface area contributed by atoms with E-state index in [1.165, 1.54) is 9.80 Å². The monoisotopic (exact) mass is 1190 g/mol. The van der Waals surface area contributed by atoms with Crippen LogP contribution in [0.25, 0.3) is 17.0 Å². The number of aromatic nitrogens is 3. The largest absolute Gasteiger partial charge is 0.454 e. The highest BCUT2D eigenvalue weighted by molar-refractivity contribution is 5.99. The van der Waals surface area contributed by atoms with Crippen molar-refractivity contribution in [3.05, 3.63) is 102 Å². The van der Waals surface area contributed by atoms with Crippen molar-refractivity contribution in [1.82, 2.24) is 61.6 Å². The number of benzene rings is 1. The minimum Gasteiger partial charge on any atom is -0.454 e. The first-order chi connectivity index (χ1) is 41.4. The van der Waals surface area contributed by atoms with Crippen LogP contribution >= 0.6 is 0 Å². The Morgan fingerprint density at radius 2 is 1.42 bits per heavy atom. The van der Waals surface area contributed by atoms with Crippen molar-refractivity contribution in [2.75, 3.05) is 46.9 Å². The third kappa shape index (κ3) is 19.2. The summed E-state index contributed by atoms with van der Waals surface area (Å²) in [5.41, 5.74) is 14.8. The highest BCUT2D eigenvalue weighted by Gasteiger charge is 2.41. The molecule has 4 aromatic rings. The van der Waals surface area contributed by atoms with Gasteiger partial charge < -0.3 is 67.8 Å². The van der Waals surface area contributed by atoms with Gasteiger partial charge >= 0.3 is 5.97 Å². The van der Waals surface area contributed by atoms with Crippen LogP contribution in [0.5, 0.6) is 0 Å². The van der Waals surface area contributed by atoms with E-state index in [0.29, 0.717) is 68.4 Å². The van der Waals surface area contributed by atoms with Gasteiger partial charge in [-0.1, -0.05) is 36.4 Å². The van der Waals surface area contributed by atoms with Crippen LogP contribution in [0.4, 0.5) is 0 Å². The van der Waals surface area contributed by atoms with Crippen molar-refractivity contribution in [2.24, 2.45) is 11.5 Å². The maximum Gasteiger partial charge on any atom is 0.329 e. The van der Waals surface area contributed by atoms with Crippen LogP contribution < -0.4 is 43.4 Å². The van der Waals surface area contributed by atoms with Crippen molar-refractivity contribution in [3.63, 3.8) is 0 Å². The third-order valence-corrected chi connectivity index (χ3v) is 15.6. The molecule has 0 aliphatic carbocycles. The molecule has 86 heavy (non-hydrogen) atoms. The van der Waals surface area contributed by atoms with E-state index >= 15 is 0 Å². The van der Waals surface area contributed by atoms with Crippen molar-refractivity contribution in [3.8, 4) is 0 Å². The number of likely N-dealkylation sites (tertiary alicyclic amines) is 1. The number of pyridine rings is 2. The SMILES string of the molecule is CN(C)CCCC[C@@H]1NC(=O)C(CCCc2ccccn2)NC(=O)C[C@@H](C(=O)N2CCC[C@H]2C(N)=O)NC(=O)[C@H](CCCCNC(=O)C(N)C/C=C/c2ccccn2)NC(=O)[C@@H]2CCCN2C(=O)COC(=O)[C@H](Cc2c[nH]c3ccccc23)NC1=O. The first kappa shape index (κ1) is 65.0. The maximum absolute atomic E-state index is 14.8. The smallest absolute Gasteiger partial charge is 0.329 e. The molecule has 1 aromatic carbocycles. The normalized spacial score (nSPS) is 22.7. The molecule has 2 unspecified atom stereocenters. The summed E-state index contributed by atoms with van der Waals surface area (Å²) in [6, 6.07) is 8.14. The highest BCUT2D eigenvalue weighted by Crippen LogP contribution is 2.23. The summed E-state index contributed by atoms with van der Waals surface area (Å²) in [5, 5.41) is 17.5. The number of H-pyrrole nitrogens is 1. The lowest BCUT2D eigenvalue weighted by atomic mass is 10.0. The maximum atomic E-state index is 14.8. The Hall–Kier alpha value is -8.58. The molecular weight excluding hydrogens is 1100 g/mol. The molecular formula is C61H82N14O11. The minimum atomic E-state index is -1.66. The Morgan fingerprint density at radius 1 is 0.756 bits per heavy atom. The number of carbonyl (C=O) groups excluding carboxylic acids is 10. The van der Waals surface area contributed by atoms with Gasteiger partial charge in [0.05, 0.1) is 18.2 Å². The van der Waals surface area contributed by atoms with Gasteiger partial charge in [-0.05, 0) is 153 Å². The van der Waals surface area contributed by atoms with Gasteiger partial charge in [-0.25, -0.2) is 4.79 Å². The number of carbonyl (C=O) groups is 10. The molecule has 25 heteroatoms. The van der Waals surface area contributed by atoms with Crippen LogP contribution in [0.15, 0.2) is 85.3 Å². The molecule has 7 rings (SSSR count). The summed E-state index contributed by atoms with van der Waals surface area (Å²) >= 11 is 0. The summed E-state index contributed by atoms with van der Waals surface area (Å²) in [4.78, 5) is 158. The van der Waals surface area contributed by atoms with Gasteiger partial charge in [0.25, 0.3) is 5.91 Å². The van der Waals surface area contributed by atoms with E-state index in [1.54, 1.807) is 42.9 Å². The molecule has 11 N–H and O–H groups in total. The molecule has 3 saturated heterocycles. The predicted molar refractivity (Wildman–Crippen MR) is 318 cm³/mol. The number of para-hydroxylation sites is 1. The number of unbranched alkanes of at least 4 members (excludes halogenated alkanes) is 2.